The predicted molar refractivity (Wildman–Crippen MR) is 88.2 cm³/mol. The van der Waals surface area contributed by atoms with Gasteiger partial charge in [-0.2, -0.15) is 0 Å². The summed E-state index contributed by atoms with van der Waals surface area (Å²) in [6.45, 7) is 9.65. The van der Waals surface area contributed by atoms with Crippen LogP contribution in [-0.2, 0) is 17.6 Å². The summed E-state index contributed by atoms with van der Waals surface area (Å²) in [5.41, 5.74) is 1.59. The molecule has 0 amide bonds. The molecule has 1 aromatic rings. The molecule has 1 saturated heterocycles. The van der Waals surface area contributed by atoms with Crippen LogP contribution in [0.1, 0.15) is 61.5 Å². The van der Waals surface area contributed by atoms with E-state index < -0.39 is 0 Å². The molecule has 0 spiro atoms. The molecule has 21 heavy (non-hydrogen) atoms. The van der Waals surface area contributed by atoms with Crippen molar-refractivity contribution < 1.29 is 4.74 Å². The lowest BCUT2D eigenvalue weighted by atomic mass is 9.90. The smallest absolute Gasteiger partial charge is 0.0934 e. The lowest BCUT2D eigenvalue weighted by molar-refractivity contribution is 0.186. The molecule has 2 heterocycles. The van der Waals surface area contributed by atoms with Crippen molar-refractivity contribution in [3.8, 4) is 0 Å². The first-order valence-corrected chi connectivity index (χ1v) is 9.14. The summed E-state index contributed by atoms with van der Waals surface area (Å²) in [6, 6.07) is 0. The second-order valence-corrected chi connectivity index (χ2v) is 8.74. The van der Waals surface area contributed by atoms with E-state index in [2.05, 4.69) is 26.1 Å². The topological polar surface area (TPSA) is 34.1 Å². The Kier molecular flexibility index (Phi) is 4.67. The fourth-order valence-electron chi connectivity index (χ4n) is 3.26. The molecule has 0 radical (unpaired) electrons. The van der Waals surface area contributed by atoms with Crippen LogP contribution in [0, 0.1) is 5.92 Å². The van der Waals surface area contributed by atoms with E-state index in [0.29, 0.717) is 11.8 Å². The number of rotatable bonds is 4. The van der Waals surface area contributed by atoms with Crippen LogP contribution in [-0.4, -0.2) is 30.3 Å². The van der Waals surface area contributed by atoms with Gasteiger partial charge >= 0.3 is 0 Å². The number of ether oxygens (including phenoxy) is 1. The first kappa shape index (κ1) is 15.4. The van der Waals surface area contributed by atoms with E-state index >= 15 is 0 Å². The van der Waals surface area contributed by atoms with E-state index in [1.165, 1.54) is 36.4 Å². The van der Waals surface area contributed by atoms with Crippen molar-refractivity contribution in [2.45, 2.75) is 64.3 Å². The summed E-state index contributed by atoms with van der Waals surface area (Å²) in [6.07, 6.45) is 6.17. The summed E-state index contributed by atoms with van der Waals surface area (Å²) < 4.78 is 5.50. The van der Waals surface area contributed by atoms with Crippen molar-refractivity contribution in [2.24, 2.45) is 5.92 Å². The van der Waals surface area contributed by atoms with Crippen molar-refractivity contribution in [2.75, 3.05) is 19.8 Å². The third kappa shape index (κ3) is 4.05. The highest BCUT2D eigenvalue weighted by atomic mass is 32.1. The summed E-state index contributed by atoms with van der Waals surface area (Å²) in [7, 11) is 0. The number of hydrogen-bond acceptors (Lipinski definition) is 4. The molecular formula is C17H28N2OS. The van der Waals surface area contributed by atoms with Gasteiger partial charge in [0.15, 0.2) is 0 Å². The number of nitrogens with one attached hydrogen (secondary N) is 1. The molecular weight excluding hydrogens is 280 g/mol. The molecule has 1 aliphatic carbocycles. The SMILES string of the molecule is CC(C)(C)NCC1CCCc2sc(CC3CCOC3)nc21. The Morgan fingerprint density at radius 3 is 2.90 bits per heavy atom. The molecule has 3 nitrogen and oxygen atoms in total. The van der Waals surface area contributed by atoms with Crippen molar-refractivity contribution in [3.05, 3.63) is 15.6 Å². The minimum absolute atomic E-state index is 0.192. The van der Waals surface area contributed by atoms with Gasteiger partial charge in [0.25, 0.3) is 0 Å². The van der Waals surface area contributed by atoms with Crippen molar-refractivity contribution >= 4 is 11.3 Å². The highest BCUT2D eigenvalue weighted by Gasteiger charge is 2.27. The molecule has 3 rings (SSSR count). The third-order valence-electron chi connectivity index (χ3n) is 4.48. The zero-order chi connectivity index (χ0) is 14.9. The van der Waals surface area contributed by atoms with Gasteiger partial charge < -0.3 is 10.1 Å². The van der Waals surface area contributed by atoms with E-state index in [4.69, 9.17) is 9.72 Å². The number of hydrogen-bond donors (Lipinski definition) is 1. The van der Waals surface area contributed by atoms with E-state index in [0.717, 1.165) is 26.2 Å². The minimum Gasteiger partial charge on any atom is -0.381 e. The van der Waals surface area contributed by atoms with Crippen LogP contribution < -0.4 is 5.32 Å². The Morgan fingerprint density at radius 1 is 1.33 bits per heavy atom. The van der Waals surface area contributed by atoms with Gasteiger partial charge in [-0.15, -0.1) is 11.3 Å². The minimum atomic E-state index is 0.192. The van der Waals surface area contributed by atoms with Gasteiger partial charge in [-0.05, 0) is 52.4 Å². The van der Waals surface area contributed by atoms with Crippen molar-refractivity contribution in [3.63, 3.8) is 0 Å². The van der Waals surface area contributed by atoms with Gasteiger partial charge in [0, 0.05) is 42.5 Å². The maximum atomic E-state index is 5.50. The summed E-state index contributed by atoms with van der Waals surface area (Å²) in [4.78, 5) is 6.57. The van der Waals surface area contributed by atoms with E-state index in [9.17, 15) is 0 Å². The number of nitrogens with zero attached hydrogens (tertiary/aromatic N) is 1. The van der Waals surface area contributed by atoms with Gasteiger partial charge in [-0.25, -0.2) is 4.98 Å². The molecule has 118 valence electrons. The molecule has 2 aliphatic rings. The van der Waals surface area contributed by atoms with E-state index in [1.54, 1.807) is 4.88 Å². The Bertz CT molecular complexity index is 472. The van der Waals surface area contributed by atoms with Crippen LogP contribution in [0.3, 0.4) is 0 Å². The molecule has 0 bridgehead atoms. The Morgan fingerprint density at radius 2 is 2.19 bits per heavy atom. The van der Waals surface area contributed by atoms with Gasteiger partial charge in [0.2, 0.25) is 0 Å². The second kappa shape index (κ2) is 6.35. The summed E-state index contributed by atoms with van der Waals surface area (Å²) >= 11 is 1.96. The van der Waals surface area contributed by atoms with Gasteiger partial charge in [0.1, 0.15) is 0 Å². The van der Waals surface area contributed by atoms with Gasteiger partial charge in [-0.1, -0.05) is 0 Å². The molecule has 1 fully saturated rings. The Balaban J connectivity index is 1.67. The zero-order valence-corrected chi connectivity index (χ0v) is 14.4. The first-order chi connectivity index (χ1) is 10.0. The first-order valence-electron chi connectivity index (χ1n) is 8.32. The molecule has 0 saturated carbocycles. The van der Waals surface area contributed by atoms with Crippen LogP contribution in [0.4, 0.5) is 0 Å². The fraction of sp³-hybridized carbons (Fsp3) is 0.824. The highest BCUT2D eigenvalue weighted by molar-refractivity contribution is 7.11. The molecule has 0 aromatic carbocycles. The summed E-state index contributed by atoms with van der Waals surface area (Å²) in [5.74, 6) is 1.31. The average Bonchev–Trinajstić information content (AvgIpc) is 3.04. The Labute approximate surface area is 132 Å². The highest BCUT2D eigenvalue weighted by Crippen LogP contribution is 2.35. The zero-order valence-electron chi connectivity index (χ0n) is 13.6. The number of fused-ring (bicyclic) bond motifs is 1. The number of aromatic nitrogens is 1. The van der Waals surface area contributed by atoms with Crippen LogP contribution >= 0.6 is 11.3 Å². The quantitative estimate of drug-likeness (QED) is 0.924. The third-order valence-corrected chi connectivity index (χ3v) is 5.63. The fourth-order valence-corrected chi connectivity index (χ4v) is 4.58. The molecule has 4 heteroatoms. The van der Waals surface area contributed by atoms with E-state index in [-0.39, 0.29) is 5.54 Å². The van der Waals surface area contributed by atoms with Gasteiger partial charge in [0.05, 0.1) is 10.7 Å². The largest absolute Gasteiger partial charge is 0.381 e. The van der Waals surface area contributed by atoms with Crippen LogP contribution in [0.15, 0.2) is 0 Å². The lowest BCUT2D eigenvalue weighted by Crippen LogP contribution is -2.39. The van der Waals surface area contributed by atoms with E-state index in [1.807, 2.05) is 11.3 Å². The second-order valence-electron chi connectivity index (χ2n) is 7.57. The molecule has 1 aliphatic heterocycles. The van der Waals surface area contributed by atoms with Crippen molar-refractivity contribution in [1.82, 2.24) is 10.3 Å². The maximum absolute atomic E-state index is 5.50. The lowest BCUT2D eigenvalue weighted by Gasteiger charge is -2.27. The van der Waals surface area contributed by atoms with Crippen LogP contribution in [0.5, 0.6) is 0 Å². The average molecular weight is 308 g/mol. The van der Waals surface area contributed by atoms with Crippen molar-refractivity contribution in [1.29, 1.82) is 0 Å². The molecule has 1 aromatic heterocycles. The number of thiazole rings is 1. The van der Waals surface area contributed by atoms with Gasteiger partial charge in [-0.3, -0.25) is 0 Å². The Hall–Kier alpha value is -0.450. The van der Waals surface area contributed by atoms with Crippen LogP contribution in [0.25, 0.3) is 0 Å². The standard InChI is InChI=1S/C17H28N2OS/c1-17(2,3)18-10-13-5-4-6-14-16(13)19-15(21-14)9-12-7-8-20-11-12/h12-13,18H,4-11H2,1-3H3. The monoisotopic (exact) mass is 308 g/mol. The molecule has 2 unspecified atom stereocenters. The predicted octanol–water partition coefficient (Wildman–Crippen LogP) is 3.53. The molecule has 2 atom stereocenters. The summed E-state index contributed by atoms with van der Waals surface area (Å²) in [5, 5.41) is 5.01. The van der Waals surface area contributed by atoms with Crippen LogP contribution in [0.2, 0.25) is 0 Å². The molecule has 1 N–H and O–H groups in total. The number of aryl methyl sites for hydroxylation is 1. The normalized spacial score (nSPS) is 26.0. The maximum Gasteiger partial charge on any atom is 0.0934 e.